The molecule has 21 heavy (non-hydrogen) atoms. The van der Waals surface area contributed by atoms with E-state index in [4.69, 9.17) is 21.9 Å². The molecule has 0 bridgehead atoms. The Morgan fingerprint density at radius 3 is 2.62 bits per heavy atom. The van der Waals surface area contributed by atoms with E-state index in [1.165, 1.54) is 7.11 Å². The van der Waals surface area contributed by atoms with Gasteiger partial charge in [0, 0.05) is 5.56 Å². The van der Waals surface area contributed by atoms with E-state index >= 15 is 0 Å². The summed E-state index contributed by atoms with van der Waals surface area (Å²) in [6.45, 7) is 8.20. The fraction of sp³-hybridized carbons (Fsp3) is 0.438. The van der Waals surface area contributed by atoms with Crippen molar-refractivity contribution >= 4 is 29.0 Å². The van der Waals surface area contributed by atoms with Gasteiger partial charge in [-0.15, -0.1) is 0 Å². The van der Waals surface area contributed by atoms with Crippen LogP contribution in [0, 0.1) is 12.8 Å². The Kier molecular flexibility index (Phi) is 4.14. The van der Waals surface area contributed by atoms with Crippen molar-refractivity contribution in [2.45, 2.75) is 33.2 Å². The minimum atomic E-state index is -0.404. The number of nitrogens with one attached hydrogen (secondary N) is 1. The summed E-state index contributed by atoms with van der Waals surface area (Å²) < 4.78 is 4.77. The Labute approximate surface area is 130 Å². The average Bonchev–Trinajstić information content (AvgIpc) is 2.75. The molecule has 0 saturated carbocycles. The minimum Gasteiger partial charge on any atom is -0.465 e. The Bertz CT molecular complexity index is 637. The maximum absolute atomic E-state index is 11.7. The van der Waals surface area contributed by atoms with Gasteiger partial charge in [-0.05, 0) is 37.5 Å². The highest BCUT2D eigenvalue weighted by molar-refractivity contribution is 7.80. The highest BCUT2D eigenvalue weighted by Crippen LogP contribution is 2.28. The van der Waals surface area contributed by atoms with Crippen molar-refractivity contribution in [3.8, 4) is 0 Å². The van der Waals surface area contributed by atoms with Crippen molar-refractivity contribution in [3.63, 3.8) is 0 Å². The lowest BCUT2D eigenvalue weighted by molar-refractivity contribution is 0.0600. The third-order valence-electron chi connectivity index (χ3n) is 4.07. The molecule has 0 amide bonds. The summed E-state index contributed by atoms with van der Waals surface area (Å²) in [5.41, 5.74) is 2.01. The molecule has 1 aromatic carbocycles. The van der Waals surface area contributed by atoms with Crippen LogP contribution < -0.4 is 5.32 Å². The van der Waals surface area contributed by atoms with Gasteiger partial charge < -0.3 is 10.1 Å². The first kappa shape index (κ1) is 15.6. The number of aryl methyl sites for hydroxylation is 1. The van der Waals surface area contributed by atoms with Gasteiger partial charge in [0.2, 0.25) is 0 Å². The van der Waals surface area contributed by atoms with E-state index in [1.807, 2.05) is 19.9 Å². The maximum atomic E-state index is 11.7. The van der Waals surface area contributed by atoms with Crippen molar-refractivity contribution in [1.29, 1.82) is 0 Å². The molecule has 0 fully saturated rings. The lowest BCUT2D eigenvalue weighted by Crippen LogP contribution is -2.39. The molecule has 112 valence electrons. The molecule has 0 saturated heterocycles. The lowest BCUT2D eigenvalue weighted by Gasteiger charge is -2.24. The number of nitrogens with zero attached hydrogens (tertiary/aromatic N) is 1. The molecule has 5 heteroatoms. The molecule has 1 aliphatic rings. The van der Waals surface area contributed by atoms with Crippen LogP contribution in [0.1, 0.15) is 42.3 Å². The summed E-state index contributed by atoms with van der Waals surface area (Å²) in [5, 5.41) is 3.20. The first-order chi connectivity index (χ1) is 9.79. The van der Waals surface area contributed by atoms with Gasteiger partial charge >= 0.3 is 5.97 Å². The van der Waals surface area contributed by atoms with Gasteiger partial charge in [0.15, 0.2) is 0 Å². The summed E-state index contributed by atoms with van der Waals surface area (Å²) in [6.07, 6.45) is 0. The molecular formula is C16H20N2O2S. The van der Waals surface area contributed by atoms with Crippen LogP contribution >= 0.6 is 12.2 Å². The highest BCUT2D eigenvalue weighted by atomic mass is 32.1. The van der Waals surface area contributed by atoms with Crippen LogP contribution in [0.4, 0.5) is 0 Å². The summed E-state index contributed by atoms with van der Waals surface area (Å²) in [7, 11) is 1.37. The van der Waals surface area contributed by atoms with Crippen LogP contribution in [-0.4, -0.2) is 29.4 Å². The largest absolute Gasteiger partial charge is 0.465 e. The van der Waals surface area contributed by atoms with E-state index in [9.17, 15) is 4.79 Å². The summed E-state index contributed by atoms with van der Waals surface area (Å²) in [6, 6.07) is 5.43. The molecule has 1 unspecified atom stereocenters. The Balaban J connectivity index is 2.48. The molecule has 4 nitrogen and oxygen atoms in total. The number of aliphatic imine (C=N–C) groups is 1. The monoisotopic (exact) mass is 304 g/mol. The molecule has 1 N–H and O–H groups in total. The number of thiocarbonyl (C=S) groups is 1. The Morgan fingerprint density at radius 1 is 1.43 bits per heavy atom. The van der Waals surface area contributed by atoms with Gasteiger partial charge in [0.1, 0.15) is 16.4 Å². The van der Waals surface area contributed by atoms with E-state index in [0.29, 0.717) is 11.5 Å². The molecule has 0 radical (unpaired) electrons. The zero-order valence-electron chi connectivity index (χ0n) is 13.0. The quantitative estimate of drug-likeness (QED) is 0.689. The minimum absolute atomic E-state index is 0.291. The van der Waals surface area contributed by atoms with E-state index in [-0.39, 0.29) is 5.97 Å². The van der Waals surface area contributed by atoms with Crippen molar-refractivity contribution < 1.29 is 9.53 Å². The second kappa shape index (κ2) is 5.56. The standard InChI is InChI=1S/C16H20N2O2S/c1-9(2)16(4)15(21)17-13(18-16)12-8-11(14(19)20-5)7-6-10(12)3/h6-9H,1-5H3,(H,17,18,21). The predicted molar refractivity (Wildman–Crippen MR) is 88.0 cm³/mol. The number of esters is 1. The second-order valence-electron chi connectivity index (χ2n) is 5.74. The smallest absolute Gasteiger partial charge is 0.337 e. The van der Waals surface area contributed by atoms with E-state index in [1.54, 1.807) is 12.1 Å². The number of benzene rings is 1. The average molecular weight is 304 g/mol. The first-order valence-electron chi connectivity index (χ1n) is 6.90. The van der Waals surface area contributed by atoms with Gasteiger partial charge in [0.25, 0.3) is 0 Å². The van der Waals surface area contributed by atoms with Crippen LogP contribution in [0.5, 0.6) is 0 Å². The molecular weight excluding hydrogens is 284 g/mol. The molecule has 1 aliphatic heterocycles. The fourth-order valence-electron chi connectivity index (χ4n) is 2.19. The van der Waals surface area contributed by atoms with Crippen LogP contribution in [0.2, 0.25) is 0 Å². The van der Waals surface area contributed by atoms with Crippen molar-refractivity contribution in [3.05, 3.63) is 34.9 Å². The second-order valence-corrected chi connectivity index (χ2v) is 6.15. The first-order valence-corrected chi connectivity index (χ1v) is 7.31. The van der Waals surface area contributed by atoms with Crippen LogP contribution in [0.25, 0.3) is 0 Å². The third kappa shape index (κ3) is 2.70. The third-order valence-corrected chi connectivity index (χ3v) is 4.59. The molecule has 1 atom stereocenters. The SMILES string of the molecule is COC(=O)c1ccc(C)c(C2=NC(C)(C(C)C)C(=S)N2)c1. The van der Waals surface area contributed by atoms with Crippen molar-refractivity contribution in [2.24, 2.45) is 10.9 Å². The summed E-state index contributed by atoms with van der Waals surface area (Å²) >= 11 is 5.44. The number of rotatable bonds is 3. The topological polar surface area (TPSA) is 50.7 Å². The zero-order chi connectivity index (χ0) is 15.8. The number of methoxy groups -OCH3 is 1. The van der Waals surface area contributed by atoms with E-state index in [2.05, 4.69) is 19.2 Å². The van der Waals surface area contributed by atoms with Gasteiger partial charge in [0.05, 0.1) is 12.7 Å². The fourth-order valence-corrected chi connectivity index (χ4v) is 2.56. The zero-order valence-corrected chi connectivity index (χ0v) is 13.8. The molecule has 0 aromatic heterocycles. The van der Waals surface area contributed by atoms with Gasteiger partial charge in [-0.2, -0.15) is 0 Å². The van der Waals surface area contributed by atoms with E-state index in [0.717, 1.165) is 22.0 Å². The van der Waals surface area contributed by atoms with Gasteiger partial charge in [-0.25, -0.2) is 4.79 Å². The number of hydrogen-bond acceptors (Lipinski definition) is 4. The van der Waals surface area contributed by atoms with Crippen LogP contribution in [0.3, 0.4) is 0 Å². The molecule has 0 spiro atoms. The number of carbonyl (C=O) groups is 1. The number of carbonyl (C=O) groups excluding carboxylic acids is 1. The summed E-state index contributed by atoms with van der Waals surface area (Å²) in [4.78, 5) is 17.2. The molecule has 2 rings (SSSR count). The van der Waals surface area contributed by atoms with Crippen LogP contribution in [0.15, 0.2) is 23.2 Å². The number of hydrogen-bond donors (Lipinski definition) is 1. The molecule has 0 aliphatic carbocycles. The van der Waals surface area contributed by atoms with Crippen molar-refractivity contribution in [1.82, 2.24) is 5.32 Å². The van der Waals surface area contributed by atoms with Crippen LogP contribution in [-0.2, 0) is 4.74 Å². The molecule has 1 aromatic rings. The lowest BCUT2D eigenvalue weighted by atomic mass is 9.90. The van der Waals surface area contributed by atoms with E-state index < -0.39 is 5.54 Å². The number of amidine groups is 1. The normalized spacial score (nSPS) is 21.2. The van der Waals surface area contributed by atoms with Crippen molar-refractivity contribution in [2.75, 3.05) is 7.11 Å². The highest BCUT2D eigenvalue weighted by Gasteiger charge is 2.39. The summed E-state index contributed by atoms with van der Waals surface area (Å²) in [5.74, 6) is 0.655. The van der Waals surface area contributed by atoms with Gasteiger partial charge in [-0.1, -0.05) is 32.1 Å². The Hall–Kier alpha value is -1.75. The molecule has 1 heterocycles. The van der Waals surface area contributed by atoms with Gasteiger partial charge in [-0.3, -0.25) is 4.99 Å². The number of ether oxygens (including phenoxy) is 1. The Morgan fingerprint density at radius 2 is 2.10 bits per heavy atom. The maximum Gasteiger partial charge on any atom is 0.337 e. The predicted octanol–water partition coefficient (Wildman–Crippen LogP) is 2.87.